The first-order chi connectivity index (χ1) is 13.7. The van der Waals surface area contributed by atoms with Crippen LogP contribution in [0.4, 0.5) is 5.13 Å². The normalized spacial score (nSPS) is 19.5. The lowest BCUT2D eigenvalue weighted by atomic mass is 10.0. The van der Waals surface area contributed by atoms with E-state index < -0.39 is 0 Å². The zero-order valence-electron chi connectivity index (χ0n) is 15.5. The number of carbonyl (C=O) groups is 1. The Morgan fingerprint density at radius 3 is 2.75 bits per heavy atom. The van der Waals surface area contributed by atoms with Crippen molar-refractivity contribution in [3.05, 3.63) is 46.9 Å². The van der Waals surface area contributed by atoms with Crippen molar-refractivity contribution in [3.8, 4) is 0 Å². The third-order valence-electron chi connectivity index (χ3n) is 5.58. The minimum atomic E-state index is -0.0860. The molecule has 5 rings (SSSR count). The first-order valence-corrected chi connectivity index (χ1v) is 11.1. The number of aryl methyl sites for hydroxylation is 1. The van der Waals surface area contributed by atoms with E-state index >= 15 is 0 Å². The minimum Gasteiger partial charge on any atom is -0.338 e. The zero-order chi connectivity index (χ0) is 19.1. The molecule has 3 heterocycles. The molecular formula is C21H21ClN4OS. The summed E-state index contributed by atoms with van der Waals surface area (Å²) in [5.41, 5.74) is 2.91. The predicted molar refractivity (Wildman–Crippen MR) is 112 cm³/mol. The van der Waals surface area contributed by atoms with Crippen LogP contribution in [-0.4, -0.2) is 33.3 Å². The average Bonchev–Trinajstić information content (AvgIpc) is 3.27. The van der Waals surface area contributed by atoms with Gasteiger partial charge in [0.25, 0.3) is 0 Å². The summed E-state index contributed by atoms with van der Waals surface area (Å²) in [7, 11) is 0. The Bertz CT molecular complexity index is 1020. The van der Waals surface area contributed by atoms with E-state index in [0.29, 0.717) is 23.8 Å². The first kappa shape index (κ1) is 18.0. The van der Waals surface area contributed by atoms with Gasteiger partial charge < -0.3 is 4.90 Å². The first-order valence-electron chi connectivity index (χ1n) is 9.86. The van der Waals surface area contributed by atoms with Crippen molar-refractivity contribution < 1.29 is 4.79 Å². The van der Waals surface area contributed by atoms with Crippen LogP contribution in [0.15, 0.2) is 30.3 Å². The molecule has 0 N–H and O–H groups in total. The fraction of sp³-hybridized carbons (Fsp3) is 0.429. The van der Waals surface area contributed by atoms with Gasteiger partial charge in [0.1, 0.15) is 0 Å². The Balaban J connectivity index is 1.37. The smallest absolute Gasteiger partial charge is 0.224 e. The van der Waals surface area contributed by atoms with Gasteiger partial charge in [-0.15, -0.1) is 0 Å². The van der Waals surface area contributed by atoms with Crippen LogP contribution in [0.2, 0.25) is 5.28 Å². The second kappa shape index (κ2) is 7.41. The number of fused-ring (bicyclic) bond motifs is 1. The molecule has 1 aliphatic carbocycles. The molecular weight excluding hydrogens is 392 g/mol. The van der Waals surface area contributed by atoms with Gasteiger partial charge in [-0.05, 0) is 49.3 Å². The fourth-order valence-electron chi connectivity index (χ4n) is 3.97. The van der Waals surface area contributed by atoms with Crippen LogP contribution in [0.5, 0.6) is 0 Å². The van der Waals surface area contributed by atoms with Gasteiger partial charge >= 0.3 is 0 Å². The van der Waals surface area contributed by atoms with Crippen molar-refractivity contribution in [2.45, 2.75) is 50.5 Å². The van der Waals surface area contributed by atoms with Crippen LogP contribution in [0.1, 0.15) is 49.3 Å². The molecule has 1 aromatic carbocycles. The van der Waals surface area contributed by atoms with Crippen molar-refractivity contribution in [2.75, 3.05) is 11.4 Å². The molecule has 2 aromatic heterocycles. The van der Waals surface area contributed by atoms with Gasteiger partial charge in [-0.3, -0.25) is 4.79 Å². The molecule has 1 aliphatic heterocycles. The van der Waals surface area contributed by atoms with Gasteiger partial charge in [-0.2, -0.15) is 9.97 Å². The van der Waals surface area contributed by atoms with Crippen LogP contribution >= 0.6 is 22.9 Å². The van der Waals surface area contributed by atoms with Crippen molar-refractivity contribution >= 4 is 44.2 Å². The molecule has 0 spiro atoms. The maximum absolute atomic E-state index is 12.9. The molecule has 2 aliphatic rings. The second-order valence-corrected chi connectivity index (χ2v) is 8.92. The topological polar surface area (TPSA) is 59.0 Å². The van der Waals surface area contributed by atoms with Crippen LogP contribution in [0.3, 0.4) is 0 Å². The number of aromatic nitrogens is 3. The Morgan fingerprint density at radius 1 is 1.14 bits per heavy atom. The maximum atomic E-state index is 12.9. The zero-order valence-corrected chi connectivity index (χ0v) is 17.0. The van der Waals surface area contributed by atoms with Gasteiger partial charge in [0, 0.05) is 18.9 Å². The Hall–Kier alpha value is -2.05. The van der Waals surface area contributed by atoms with E-state index in [1.165, 1.54) is 5.56 Å². The summed E-state index contributed by atoms with van der Waals surface area (Å²) in [6.45, 7) is 0.863. The number of anilines is 1. The van der Waals surface area contributed by atoms with Crippen molar-refractivity contribution in [2.24, 2.45) is 0 Å². The molecule has 1 saturated heterocycles. The number of thiazole rings is 1. The number of Topliss-reactive ketones (excluding diaryl/α,β-unsaturated/α-hetero) is 1. The number of ketones is 1. The lowest BCUT2D eigenvalue weighted by Crippen LogP contribution is -2.36. The summed E-state index contributed by atoms with van der Waals surface area (Å²) in [6.07, 6.45) is 5.57. The fourth-order valence-corrected chi connectivity index (χ4v) is 5.29. The van der Waals surface area contributed by atoms with E-state index in [1.54, 1.807) is 11.3 Å². The van der Waals surface area contributed by atoms with Crippen LogP contribution < -0.4 is 4.90 Å². The number of nitrogens with zero attached hydrogens (tertiary/aromatic N) is 4. The number of hydrogen-bond donors (Lipinski definition) is 0. The van der Waals surface area contributed by atoms with E-state index in [4.69, 9.17) is 16.6 Å². The molecule has 0 bridgehead atoms. The highest BCUT2D eigenvalue weighted by Crippen LogP contribution is 2.45. The average molecular weight is 413 g/mol. The maximum Gasteiger partial charge on any atom is 0.224 e. The SMILES string of the molecule is O=C(CCc1ccccc1)[C@H]1CCCN1c1nc2nc(Cl)nc(C3CC3)c2s1. The summed E-state index contributed by atoms with van der Waals surface area (Å²) >= 11 is 7.73. The third kappa shape index (κ3) is 3.51. The summed E-state index contributed by atoms with van der Waals surface area (Å²) in [5.74, 6) is 0.783. The molecule has 0 radical (unpaired) electrons. The quantitative estimate of drug-likeness (QED) is 0.545. The molecule has 1 saturated carbocycles. The molecule has 0 unspecified atom stereocenters. The van der Waals surface area contributed by atoms with Gasteiger partial charge in [0.15, 0.2) is 16.6 Å². The van der Waals surface area contributed by atoms with Gasteiger partial charge in [-0.1, -0.05) is 41.7 Å². The largest absolute Gasteiger partial charge is 0.338 e. The van der Waals surface area contributed by atoms with E-state index in [2.05, 4.69) is 27.0 Å². The second-order valence-electron chi connectivity index (χ2n) is 7.60. The number of carbonyl (C=O) groups excluding carboxylic acids is 1. The number of halogens is 1. The van der Waals surface area contributed by atoms with E-state index in [9.17, 15) is 4.79 Å². The molecule has 144 valence electrons. The summed E-state index contributed by atoms with van der Waals surface area (Å²) in [5, 5.41) is 1.15. The molecule has 5 nitrogen and oxygen atoms in total. The number of rotatable bonds is 6. The van der Waals surface area contributed by atoms with Crippen molar-refractivity contribution in [1.82, 2.24) is 15.0 Å². The minimum absolute atomic E-state index is 0.0860. The summed E-state index contributed by atoms with van der Waals surface area (Å²) in [4.78, 5) is 28.6. The van der Waals surface area contributed by atoms with Crippen LogP contribution in [-0.2, 0) is 11.2 Å². The summed E-state index contributed by atoms with van der Waals surface area (Å²) in [6, 6.07) is 10.1. The van der Waals surface area contributed by atoms with Crippen LogP contribution in [0, 0.1) is 0 Å². The van der Waals surface area contributed by atoms with E-state index in [0.717, 1.165) is 54.2 Å². The predicted octanol–water partition coefficient (Wildman–Crippen LogP) is 4.79. The highest BCUT2D eigenvalue weighted by molar-refractivity contribution is 7.22. The van der Waals surface area contributed by atoms with E-state index in [-0.39, 0.29) is 11.3 Å². The molecule has 2 fully saturated rings. The number of benzene rings is 1. The lowest BCUT2D eigenvalue weighted by Gasteiger charge is -2.22. The molecule has 3 aromatic rings. The highest BCUT2D eigenvalue weighted by Gasteiger charge is 2.34. The van der Waals surface area contributed by atoms with Gasteiger partial charge in [0.2, 0.25) is 5.28 Å². The van der Waals surface area contributed by atoms with E-state index in [1.807, 2.05) is 18.2 Å². The third-order valence-corrected chi connectivity index (χ3v) is 6.85. The molecule has 7 heteroatoms. The Kier molecular flexibility index (Phi) is 4.77. The molecule has 0 amide bonds. The van der Waals surface area contributed by atoms with Crippen LogP contribution in [0.25, 0.3) is 10.3 Å². The molecule has 1 atom stereocenters. The van der Waals surface area contributed by atoms with Gasteiger partial charge in [0.05, 0.1) is 16.4 Å². The Labute approximate surface area is 172 Å². The van der Waals surface area contributed by atoms with Crippen molar-refractivity contribution in [3.63, 3.8) is 0 Å². The number of hydrogen-bond acceptors (Lipinski definition) is 6. The lowest BCUT2D eigenvalue weighted by molar-refractivity contribution is -0.120. The summed E-state index contributed by atoms with van der Waals surface area (Å²) < 4.78 is 1.03. The van der Waals surface area contributed by atoms with Gasteiger partial charge in [-0.25, -0.2) is 4.98 Å². The molecule has 28 heavy (non-hydrogen) atoms. The Morgan fingerprint density at radius 2 is 1.96 bits per heavy atom. The highest BCUT2D eigenvalue weighted by atomic mass is 35.5. The standard InChI is InChI=1S/C21H21ClN4OS/c22-20-23-17(14-9-10-14)18-19(24-20)25-21(28-18)26-12-4-7-15(26)16(27)11-8-13-5-2-1-3-6-13/h1-3,5-6,14-15H,4,7-12H2/t15-/m1/s1. The van der Waals surface area contributed by atoms with Crippen molar-refractivity contribution in [1.29, 1.82) is 0 Å². The monoisotopic (exact) mass is 412 g/mol.